The first-order valence-electron chi connectivity index (χ1n) is 11.4. The molecule has 2 aromatic heterocycles. The number of methoxy groups -OCH3 is 1. The van der Waals surface area contributed by atoms with Gasteiger partial charge in [0.25, 0.3) is 0 Å². The van der Waals surface area contributed by atoms with E-state index in [0.717, 1.165) is 12.1 Å². The van der Waals surface area contributed by atoms with E-state index in [-0.39, 0.29) is 52.0 Å². The minimum atomic E-state index is -1.70. The van der Waals surface area contributed by atoms with Crippen LogP contribution < -0.4 is 0 Å². The summed E-state index contributed by atoms with van der Waals surface area (Å²) < 4.78 is 51.3. The SMILES string of the molecule is CC[C@](O)(COC)c1c(-c2ccc(C(=O)O)cc2)c2c(F)c3[nH]ncc3cc2n1-c1ccc(F)c(F)c1. The lowest BCUT2D eigenvalue weighted by Crippen LogP contribution is -2.33. The molecule has 7 nitrogen and oxygen atoms in total. The van der Waals surface area contributed by atoms with Crippen molar-refractivity contribution in [2.24, 2.45) is 0 Å². The van der Waals surface area contributed by atoms with Gasteiger partial charge in [-0.25, -0.2) is 18.0 Å². The van der Waals surface area contributed by atoms with Crippen LogP contribution in [0.3, 0.4) is 0 Å². The molecule has 0 amide bonds. The first-order chi connectivity index (χ1) is 17.7. The molecule has 5 rings (SSSR count). The molecule has 3 aromatic carbocycles. The van der Waals surface area contributed by atoms with Gasteiger partial charge in [-0.2, -0.15) is 5.10 Å². The number of ether oxygens (including phenoxy) is 1. The van der Waals surface area contributed by atoms with Crippen LogP contribution in [-0.4, -0.2) is 44.7 Å². The molecule has 2 heterocycles. The third-order valence-corrected chi connectivity index (χ3v) is 6.60. The zero-order valence-electron chi connectivity index (χ0n) is 19.8. The molecule has 0 radical (unpaired) electrons. The van der Waals surface area contributed by atoms with Gasteiger partial charge in [-0.3, -0.25) is 5.10 Å². The van der Waals surface area contributed by atoms with E-state index in [9.17, 15) is 23.8 Å². The summed E-state index contributed by atoms with van der Waals surface area (Å²) in [4.78, 5) is 11.4. The highest BCUT2D eigenvalue weighted by molar-refractivity contribution is 6.06. The average Bonchev–Trinajstić information content (AvgIpc) is 3.49. The fourth-order valence-corrected chi connectivity index (χ4v) is 4.77. The Labute approximate surface area is 208 Å². The van der Waals surface area contributed by atoms with Crippen molar-refractivity contribution < 1.29 is 32.9 Å². The number of hydrogen-bond donors (Lipinski definition) is 3. The number of aliphatic hydroxyl groups is 1. The molecule has 0 fully saturated rings. The van der Waals surface area contributed by atoms with E-state index in [2.05, 4.69) is 10.2 Å². The molecule has 190 valence electrons. The van der Waals surface area contributed by atoms with Gasteiger partial charge in [0.15, 0.2) is 17.5 Å². The van der Waals surface area contributed by atoms with E-state index >= 15 is 4.39 Å². The Morgan fingerprint density at radius 1 is 1.11 bits per heavy atom. The molecule has 0 aliphatic heterocycles. The molecule has 0 saturated carbocycles. The lowest BCUT2D eigenvalue weighted by molar-refractivity contribution is -0.0422. The topological polar surface area (TPSA) is 100 Å². The number of rotatable bonds is 7. The van der Waals surface area contributed by atoms with Gasteiger partial charge in [-0.05, 0) is 42.3 Å². The molecule has 0 saturated heterocycles. The highest BCUT2D eigenvalue weighted by Crippen LogP contribution is 2.46. The molecule has 0 aliphatic rings. The van der Waals surface area contributed by atoms with Crippen LogP contribution in [0.15, 0.2) is 54.7 Å². The number of aromatic carboxylic acids is 1. The summed E-state index contributed by atoms with van der Waals surface area (Å²) in [6, 6.07) is 10.7. The highest BCUT2D eigenvalue weighted by Gasteiger charge is 2.38. The molecule has 5 aromatic rings. The number of aromatic nitrogens is 3. The van der Waals surface area contributed by atoms with Gasteiger partial charge in [0, 0.05) is 35.2 Å². The second-order valence-electron chi connectivity index (χ2n) is 8.78. The van der Waals surface area contributed by atoms with E-state index in [0.29, 0.717) is 10.9 Å². The standard InChI is InChI=1S/C27H22F3N3O4/c1-3-27(36,13-37-2)25-21(14-4-6-15(7-5-14)26(34)35)22-20(10-16-12-31-32-24(16)23(22)30)33(25)17-8-9-18(28)19(29)11-17/h4-12,36H,3,13H2,1-2H3,(H,31,32)(H,34,35)/t27-/m0/s1. The number of carboxylic acids is 1. The number of nitrogens with one attached hydrogen (secondary N) is 1. The molecule has 0 aliphatic carbocycles. The van der Waals surface area contributed by atoms with Crippen LogP contribution in [0.25, 0.3) is 38.6 Å². The van der Waals surface area contributed by atoms with Crippen LogP contribution in [0.4, 0.5) is 13.2 Å². The van der Waals surface area contributed by atoms with Gasteiger partial charge >= 0.3 is 5.97 Å². The third-order valence-electron chi connectivity index (χ3n) is 6.60. The number of carboxylic acid groups (broad SMARTS) is 1. The van der Waals surface area contributed by atoms with Crippen molar-refractivity contribution in [2.45, 2.75) is 18.9 Å². The lowest BCUT2D eigenvalue weighted by Gasteiger charge is -2.29. The second-order valence-corrected chi connectivity index (χ2v) is 8.78. The zero-order chi connectivity index (χ0) is 26.5. The first-order valence-corrected chi connectivity index (χ1v) is 11.4. The molecule has 10 heteroatoms. The molecule has 3 N–H and O–H groups in total. The van der Waals surface area contributed by atoms with Crippen molar-refractivity contribution in [2.75, 3.05) is 13.7 Å². The van der Waals surface area contributed by atoms with Gasteiger partial charge < -0.3 is 19.5 Å². The van der Waals surface area contributed by atoms with Crippen LogP contribution in [0, 0.1) is 17.5 Å². The molecular formula is C27H22F3N3O4. The minimum absolute atomic E-state index is 0.0220. The van der Waals surface area contributed by atoms with Crippen LogP contribution in [-0.2, 0) is 10.3 Å². The Balaban J connectivity index is 2.01. The molecule has 0 spiro atoms. The summed E-state index contributed by atoms with van der Waals surface area (Å²) in [6.07, 6.45) is 1.56. The second kappa shape index (κ2) is 9.06. The molecular weight excluding hydrogens is 487 g/mol. The monoisotopic (exact) mass is 509 g/mol. The fourth-order valence-electron chi connectivity index (χ4n) is 4.77. The largest absolute Gasteiger partial charge is 0.478 e. The van der Waals surface area contributed by atoms with Crippen LogP contribution in [0.5, 0.6) is 0 Å². The van der Waals surface area contributed by atoms with Crippen molar-refractivity contribution in [3.8, 4) is 16.8 Å². The van der Waals surface area contributed by atoms with Crippen molar-refractivity contribution >= 4 is 27.8 Å². The maximum atomic E-state index is 16.2. The Hall–Kier alpha value is -4.15. The molecule has 0 bridgehead atoms. The summed E-state index contributed by atoms with van der Waals surface area (Å²) in [6.45, 7) is 1.53. The van der Waals surface area contributed by atoms with Gasteiger partial charge in [-0.1, -0.05) is 19.1 Å². The normalized spacial score (nSPS) is 13.4. The van der Waals surface area contributed by atoms with Crippen LogP contribution in [0.1, 0.15) is 29.4 Å². The van der Waals surface area contributed by atoms with Gasteiger partial charge in [0.1, 0.15) is 11.1 Å². The number of nitrogens with zero attached hydrogens (tertiary/aromatic N) is 2. The maximum Gasteiger partial charge on any atom is 0.335 e. The number of carbonyl (C=O) groups is 1. The summed E-state index contributed by atoms with van der Waals surface area (Å²) in [7, 11) is 1.40. The summed E-state index contributed by atoms with van der Waals surface area (Å²) in [5, 5.41) is 28.3. The molecule has 1 atom stereocenters. The van der Waals surface area contributed by atoms with Crippen LogP contribution in [0.2, 0.25) is 0 Å². The summed E-state index contributed by atoms with van der Waals surface area (Å²) >= 11 is 0. The fraction of sp³-hybridized carbons (Fsp3) is 0.185. The molecule has 0 unspecified atom stereocenters. The maximum absolute atomic E-state index is 16.2. The van der Waals surface area contributed by atoms with Gasteiger partial charge in [-0.15, -0.1) is 0 Å². The highest BCUT2D eigenvalue weighted by atomic mass is 19.2. The first kappa shape index (κ1) is 24.5. The average molecular weight is 509 g/mol. The number of hydrogen-bond acceptors (Lipinski definition) is 4. The van der Waals surface area contributed by atoms with E-state index in [1.807, 2.05) is 0 Å². The predicted molar refractivity (Wildman–Crippen MR) is 131 cm³/mol. The number of benzene rings is 3. The van der Waals surface area contributed by atoms with Crippen molar-refractivity contribution in [3.63, 3.8) is 0 Å². The molecule has 37 heavy (non-hydrogen) atoms. The number of halogens is 3. The van der Waals surface area contributed by atoms with Crippen molar-refractivity contribution in [3.05, 3.63) is 83.4 Å². The Morgan fingerprint density at radius 2 is 1.84 bits per heavy atom. The van der Waals surface area contributed by atoms with E-state index in [1.54, 1.807) is 13.0 Å². The van der Waals surface area contributed by atoms with E-state index in [1.165, 1.54) is 48.2 Å². The number of aromatic amines is 1. The Morgan fingerprint density at radius 3 is 2.46 bits per heavy atom. The Kier molecular flexibility index (Phi) is 6.01. The summed E-state index contributed by atoms with van der Waals surface area (Å²) in [5.74, 6) is -3.97. The lowest BCUT2D eigenvalue weighted by atomic mass is 9.89. The van der Waals surface area contributed by atoms with Gasteiger partial charge in [0.2, 0.25) is 0 Å². The predicted octanol–water partition coefficient (Wildman–Crippen LogP) is 5.53. The van der Waals surface area contributed by atoms with E-state index < -0.39 is 29.0 Å². The number of H-pyrrole nitrogens is 1. The smallest absolute Gasteiger partial charge is 0.335 e. The van der Waals surface area contributed by atoms with Crippen molar-refractivity contribution in [1.82, 2.24) is 14.8 Å². The number of fused-ring (bicyclic) bond motifs is 2. The zero-order valence-corrected chi connectivity index (χ0v) is 19.8. The van der Waals surface area contributed by atoms with E-state index in [4.69, 9.17) is 4.74 Å². The van der Waals surface area contributed by atoms with Gasteiger partial charge in [0.05, 0.1) is 29.6 Å². The van der Waals surface area contributed by atoms with Crippen LogP contribution >= 0.6 is 0 Å². The Bertz CT molecular complexity index is 1660. The van der Waals surface area contributed by atoms with Crippen molar-refractivity contribution in [1.29, 1.82) is 0 Å². The quantitative estimate of drug-likeness (QED) is 0.268. The minimum Gasteiger partial charge on any atom is -0.478 e. The third kappa shape index (κ3) is 3.85. The summed E-state index contributed by atoms with van der Waals surface area (Å²) in [5.41, 5.74) is -0.284.